The van der Waals surface area contributed by atoms with Crippen molar-refractivity contribution in [1.29, 1.82) is 0 Å². The summed E-state index contributed by atoms with van der Waals surface area (Å²) in [6, 6.07) is 13.8. The van der Waals surface area contributed by atoms with Gasteiger partial charge >= 0.3 is 5.97 Å². The van der Waals surface area contributed by atoms with Crippen LogP contribution in [0.25, 0.3) is 0 Å². The van der Waals surface area contributed by atoms with Crippen molar-refractivity contribution in [2.45, 2.75) is 66.7 Å². The molecule has 5 aliphatic rings. The third kappa shape index (κ3) is 4.09. The first-order chi connectivity index (χ1) is 21.4. The maximum Gasteiger partial charge on any atom is 0.313 e. The molecule has 3 saturated heterocycles. The number of halogens is 1. The molecule has 228 valence electrons. The Kier molecular flexibility index (Phi) is 6.62. The summed E-state index contributed by atoms with van der Waals surface area (Å²) >= 11 is 1.65. The van der Waals surface area contributed by atoms with Crippen LogP contribution in [0.4, 0.5) is 4.39 Å². The molecule has 8 rings (SSSR count). The first-order valence-corrected chi connectivity index (χ1v) is 16.1. The lowest BCUT2D eigenvalue weighted by Gasteiger charge is -2.57. The highest BCUT2D eigenvalue weighted by Crippen LogP contribution is 2.57. The van der Waals surface area contributed by atoms with Gasteiger partial charge in [-0.05, 0) is 48.9 Å². The molecule has 2 aromatic carbocycles. The predicted molar refractivity (Wildman–Crippen MR) is 160 cm³/mol. The fourth-order valence-corrected chi connectivity index (χ4v) is 9.17. The Morgan fingerprint density at radius 1 is 1.14 bits per heavy atom. The van der Waals surface area contributed by atoms with E-state index in [0.29, 0.717) is 24.3 Å². The molecule has 1 amide bonds. The van der Waals surface area contributed by atoms with Gasteiger partial charge in [0.2, 0.25) is 11.2 Å². The number of fused-ring (bicyclic) bond motifs is 6. The van der Waals surface area contributed by atoms with Crippen LogP contribution in [0.15, 0.2) is 64.4 Å². The van der Waals surface area contributed by atoms with Gasteiger partial charge in [-0.25, -0.2) is 4.39 Å². The van der Waals surface area contributed by atoms with Crippen LogP contribution in [0.1, 0.15) is 65.3 Å². The standard InChI is InChI=1S/C33H32FN3O6S/c1-41-16-11-26(39)42-30-24(38)10-14-36-29(30)32(40)35-15-13-33-12-9-20(43-33)17-22(33)31(35)37(36)28-21-6-2-3-8-25(21)44-18-19-5-4-7-23(34)27(19)28/h2-8,10,14,20,22,28,31H,9,11-13,15-18H2,1H3/t20-,22+,28+,31+,33-/m0/s1. The van der Waals surface area contributed by atoms with Gasteiger partial charge < -0.3 is 19.1 Å². The van der Waals surface area contributed by atoms with Gasteiger partial charge in [-0.3, -0.25) is 24.1 Å². The number of nitrogens with zero attached hydrogens (tertiary/aromatic N) is 3. The number of ether oxygens (including phenoxy) is 3. The lowest BCUT2D eigenvalue weighted by molar-refractivity contribution is -0.135. The first-order valence-electron chi connectivity index (χ1n) is 15.1. The molecule has 0 N–H and O–H groups in total. The number of hydrogen-bond acceptors (Lipinski definition) is 8. The molecule has 0 saturated carbocycles. The second-order valence-corrected chi connectivity index (χ2v) is 13.2. The van der Waals surface area contributed by atoms with Crippen molar-refractivity contribution < 1.29 is 28.2 Å². The van der Waals surface area contributed by atoms with Crippen molar-refractivity contribution in [3.8, 4) is 5.75 Å². The first kappa shape index (κ1) is 27.8. The molecule has 3 fully saturated rings. The minimum atomic E-state index is -0.675. The summed E-state index contributed by atoms with van der Waals surface area (Å²) < 4.78 is 35.1. The van der Waals surface area contributed by atoms with E-state index in [1.165, 1.54) is 19.2 Å². The number of rotatable bonds is 5. The zero-order chi connectivity index (χ0) is 30.2. The van der Waals surface area contributed by atoms with Gasteiger partial charge in [-0.2, -0.15) is 0 Å². The third-order valence-corrected chi connectivity index (χ3v) is 11.1. The molecule has 1 aromatic heterocycles. The lowest BCUT2D eigenvalue weighted by Crippen LogP contribution is -2.70. The summed E-state index contributed by atoms with van der Waals surface area (Å²) in [5.41, 5.74) is 1.32. The molecule has 1 spiro atoms. The van der Waals surface area contributed by atoms with Crippen LogP contribution in [0.3, 0.4) is 0 Å². The van der Waals surface area contributed by atoms with Crippen molar-refractivity contribution in [3.05, 3.63) is 93.2 Å². The highest BCUT2D eigenvalue weighted by atomic mass is 32.2. The van der Waals surface area contributed by atoms with E-state index < -0.39 is 23.6 Å². The van der Waals surface area contributed by atoms with E-state index in [1.807, 2.05) is 30.3 Å². The number of pyridine rings is 1. The van der Waals surface area contributed by atoms with E-state index in [9.17, 15) is 14.4 Å². The van der Waals surface area contributed by atoms with Crippen molar-refractivity contribution >= 4 is 23.6 Å². The van der Waals surface area contributed by atoms with Crippen LogP contribution >= 0.6 is 11.8 Å². The molecule has 2 bridgehead atoms. The molecule has 0 aliphatic carbocycles. The van der Waals surface area contributed by atoms with Crippen molar-refractivity contribution in [1.82, 2.24) is 9.58 Å². The number of piperidine rings is 1. The maximum absolute atomic E-state index is 16.2. The highest BCUT2D eigenvalue weighted by molar-refractivity contribution is 7.98. The van der Waals surface area contributed by atoms with E-state index in [1.54, 1.807) is 33.6 Å². The second-order valence-electron chi connectivity index (χ2n) is 12.2. The number of amides is 1. The molecule has 0 unspecified atom stereocenters. The molecule has 5 atom stereocenters. The van der Waals surface area contributed by atoms with Gasteiger partial charge in [0, 0.05) is 48.0 Å². The number of carbonyl (C=O) groups is 2. The topological polar surface area (TPSA) is 90.3 Å². The number of carbonyl (C=O) groups excluding carboxylic acids is 2. The van der Waals surface area contributed by atoms with Gasteiger partial charge in [0.25, 0.3) is 5.91 Å². The molecular formula is C33H32FN3O6S. The molecule has 0 radical (unpaired) electrons. The van der Waals surface area contributed by atoms with Crippen LogP contribution < -0.4 is 15.2 Å². The average Bonchev–Trinajstić information content (AvgIpc) is 3.56. The fraction of sp³-hybridized carbons (Fsp3) is 0.424. The monoisotopic (exact) mass is 617 g/mol. The third-order valence-electron chi connectivity index (χ3n) is 9.96. The Morgan fingerprint density at radius 2 is 2.00 bits per heavy atom. The molecule has 5 aliphatic heterocycles. The van der Waals surface area contributed by atoms with Gasteiger partial charge in [-0.15, -0.1) is 11.8 Å². The van der Waals surface area contributed by atoms with E-state index >= 15 is 4.39 Å². The zero-order valence-corrected chi connectivity index (χ0v) is 25.1. The smallest absolute Gasteiger partial charge is 0.313 e. The largest absolute Gasteiger partial charge is 0.420 e. The van der Waals surface area contributed by atoms with Crippen molar-refractivity contribution in [3.63, 3.8) is 0 Å². The van der Waals surface area contributed by atoms with Gasteiger partial charge in [0.15, 0.2) is 5.69 Å². The number of methoxy groups -OCH3 is 1. The zero-order valence-electron chi connectivity index (χ0n) is 24.2. The molecule has 9 nitrogen and oxygen atoms in total. The van der Waals surface area contributed by atoms with E-state index in [-0.39, 0.29) is 53.8 Å². The van der Waals surface area contributed by atoms with E-state index in [0.717, 1.165) is 35.3 Å². The number of thioether (sulfide) groups is 1. The quantitative estimate of drug-likeness (QED) is 0.390. The second kappa shape index (κ2) is 10.5. The molecule has 3 aromatic rings. The molecule has 6 heterocycles. The highest BCUT2D eigenvalue weighted by Gasteiger charge is 2.63. The summed E-state index contributed by atoms with van der Waals surface area (Å²) in [5, 5.41) is 2.06. The SMILES string of the molecule is COCCC(=O)Oc1c2n(ccc1=O)N([C@@H]1c3ccccc3SCc3cccc(F)c31)[C@@H]1[C@H]3C[C@@H]4CC[C@@]3(CCN1C2=O)O4. The number of hydrogen-bond donors (Lipinski definition) is 0. The van der Waals surface area contributed by atoms with Crippen LogP contribution in [-0.2, 0) is 20.0 Å². The van der Waals surface area contributed by atoms with Gasteiger partial charge in [0.05, 0.1) is 24.7 Å². The van der Waals surface area contributed by atoms with Crippen LogP contribution in [0, 0.1) is 11.7 Å². The number of esters is 1. The Balaban J connectivity index is 1.39. The lowest BCUT2D eigenvalue weighted by atomic mass is 9.71. The number of benzene rings is 2. The minimum Gasteiger partial charge on any atom is -0.420 e. The predicted octanol–water partition coefficient (Wildman–Crippen LogP) is 4.39. The van der Waals surface area contributed by atoms with Gasteiger partial charge in [-0.1, -0.05) is 30.3 Å². The molecular weight excluding hydrogens is 585 g/mol. The van der Waals surface area contributed by atoms with Crippen LogP contribution in [0.2, 0.25) is 0 Å². The molecule has 11 heteroatoms. The minimum absolute atomic E-state index is 0.0301. The summed E-state index contributed by atoms with van der Waals surface area (Å²) in [5.74, 6) is -1.17. The Hall–Kier alpha value is -3.67. The van der Waals surface area contributed by atoms with Crippen molar-refractivity contribution in [2.24, 2.45) is 5.92 Å². The van der Waals surface area contributed by atoms with Crippen LogP contribution in [0.5, 0.6) is 5.75 Å². The molecule has 44 heavy (non-hydrogen) atoms. The van der Waals surface area contributed by atoms with Crippen LogP contribution in [-0.4, -0.2) is 59.6 Å². The van der Waals surface area contributed by atoms with E-state index in [2.05, 4.69) is 5.01 Å². The summed E-state index contributed by atoms with van der Waals surface area (Å²) in [6.45, 7) is 0.511. The normalized spacial score (nSPS) is 28.0. The van der Waals surface area contributed by atoms with E-state index in [4.69, 9.17) is 14.2 Å². The maximum atomic E-state index is 16.2. The summed E-state index contributed by atoms with van der Waals surface area (Å²) in [4.78, 5) is 43.3. The Bertz CT molecular complexity index is 1750. The summed E-state index contributed by atoms with van der Waals surface area (Å²) in [6.07, 6.45) is 4.48. The average molecular weight is 618 g/mol. The van der Waals surface area contributed by atoms with Crippen molar-refractivity contribution in [2.75, 3.05) is 25.3 Å². The fourth-order valence-electron chi connectivity index (χ4n) is 8.09. The number of aromatic nitrogens is 1. The Morgan fingerprint density at radius 3 is 2.84 bits per heavy atom. The van der Waals surface area contributed by atoms with Gasteiger partial charge in [0.1, 0.15) is 18.0 Å². The summed E-state index contributed by atoms with van der Waals surface area (Å²) in [7, 11) is 1.47. The Labute approximate surface area is 257 Å².